The van der Waals surface area contributed by atoms with Gasteiger partial charge < -0.3 is 33.2 Å². The van der Waals surface area contributed by atoms with Crippen molar-refractivity contribution in [3.63, 3.8) is 0 Å². The molecule has 232 valence electrons. The molecule has 7 heteroatoms. The van der Waals surface area contributed by atoms with Crippen LogP contribution in [0, 0.1) is 0 Å². The summed E-state index contributed by atoms with van der Waals surface area (Å²) in [4.78, 5) is 0. The Bertz CT molecular complexity index is 2080. The molecule has 7 nitrogen and oxygen atoms in total. The number of benzene rings is 6. The van der Waals surface area contributed by atoms with Crippen LogP contribution < -0.4 is 33.2 Å². The van der Waals surface area contributed by atoms with E-state index in [0.717, 1.165) is 66.3 Å². The van der Waals surface area contributed by atoms with Crippen molar-refractivity contribution in [3.05, 3.63) is 108 Å². The van der Waals surface area contributed by atoms with Crippen LogP contribution in [-0.2, 0) is 5.60 Å². The second kappa shape index (κ2) is 11.4. The molecule has 0 spiro atoms. The summed E-state index contributed by atoms with van der Waals surface area (Å²) in [5, 5.41) is 6.06. The fourth-order valence-corrected chi connectivity index (χ4v) is 6.48. The van der Waals surface area contributed by atoms with E-state index < -0.39 is 5.60 Å². The lowest BCUT2D eigenvalue weighted by atomic mass is 9.83. The minimum atomic E-state index is -0.899. The zero-order chi connectivity index (χ0) is 32.0. The molecular weight excluding hydrogens is 580 g/mol. The van der Waals surface area contributed by atoms with Gasteiger partial charge >= 0.3 is 0 Å². The van der Waals surface area contributed by atoms with Gasteiger partial charge in [0.2, 0.25) is 0 Å². The van der Waals surface area contributed by atoms with Gasteiger partial charge in [-0.2, -0.15) is 0 Å². The number of rotatable bonds is 8. The maximum atomic E-state index is 7.12. The van der Waals surface area contributed by atoms with E-state index in [4.69, 9.17) is 33.2 Å². The van der Waals surface area contributed by atoms with Crippen molar-refractivity contribution >= 4 is 38.4 Å². The molecule has 0 atom stereocenters. The third-order valence-electron chi connectivity index (χ3n) is 8.87. The molecule has 1 aliphatic heterocycles. The highest BCUT2D eigenvalue weighted by molar-refractivity contribution is 6.27. The minimum Gasteiger partial charge on any atom is -0.497 e. The number of fused-ring (bicyclic) bond motifs is 7. The van der Waals surface area contributed by atoms with Gasteiger partial charge in [-0.3, -0.25) is 0 Å². The van der Waals surface area contributed by atoms with E-state index in [2.05, 4.69) is 24.3 Å². The molecule has 0 bridgehead atoms. The molecule has 0 fully saturated rings. The fourth-order valence-electron chi connectivity index (χ4n) is 6.48. The van der Waals surface area contributed by atoms with Gasteiger partial charge in [0.05, 0.1) is 42.7 Å². The van der Waals surface area contributed by atoms with E-state index in [9.17, 15) is 0 Å². The summed E-state index contributed by atoms with van der Waals surface area (Å²) in [6.07, 6.45) is 4.25. The van der Waals surface area contributed by atoms with Crippen LogP contribution in [0.4, 0.5) is 0 Å². The molecule has 46 heavy (non-hydrogen) atoms. The molecule has 6 aromatic carbocycles. The van der Waals surface area contributed by atoms with Crippen molar-refractivity contribution in [2.45, 2.75) is 5.60 Å². The summed E-state index contributed by atoms with van der Waals surface area (Å²) in [6.45, 7) is 0. The predicted octanol–water partition coefficient (Wildman–Crippen LogP) is 8.55. The van der Waals surface area contributed by atoms with Crippen LogP contribution in [0.3, 0.4) is 0 Å². The third-order valence-corrected chi connectivity index (χ3v) is 8.87. The molecule has 0 N–H and O–H groups in total. The summed E-state index contributed by atoms with van der Waals surface area (Å²) in [6, 6.07) is 28.4. The summed E-state index contributed by atoms with van der Waals surface area (Å²) in [5.41, 5.74) is 1.99. The van der Waals surface area contributed by atoms with Gasteiger partial charge in [0, 0.05) is 16.7 Å². The Kier molecular flexibility index (Phi) is 7.24. The average Bonchev–Trinajstić information content (AvgIpc) is 3.12. The third kappa shape index (κ3) is 4.50. The molecule has 6 aromatic rings. The Morgan fingerprint density at radius 2 is 0.804 bits per heavy atom. The molecule has 1 aliphatic rings. The molecule has 0 radical (unpaired) electrons. The van der Waals surface area contributed by atoms with Crippen molar-refractivity contribution < 1.29 is 33.2 Å². The van der Waals surface area contributed by atoms with Gasteiger partial charge in [-0.15, -0.1) is 0 Å². The van der Waals surface area contributed by atoms with Crippen molar-refractivity contribution in [1.82, 2.24) is 0 Å². The maximum absolute atomic E-state index is 7.12. The molecule has 0 saturated carbocycles. The van der Waals surface area contributed by atoms with Gasteiger partial charge in [0.25, 0.3) is 0 Å². The Labute approximate surface area is 267 Å². The molecule has 0 aliphatic carbocycles. The Balaban J connectivity index is 1.52. The second-order valence-electron chi connectivity index (χ2n) is 11.1. The summed E-state index contributed by atoms with van der Waals surface area (Å²) in [5.74, 6) is 4.87. The van der Waals surface area contributed by atoms with Crippen molar-refractivity contribution in [3.8, 4) is 40.2 Å². The molecule has 1 heterocycles. The molecule has 0 amide bonds. The van der Waals surface area contributed by atoms with Crippen LogP contribution >= 0.6 is 0 Å². The minimum absolute atomic E-state index is 0.639. The van der Waals surface area contributed by atoms with E-state index >= 15 is 0 Å². The largest absolute Gasteiger partial charge is 0.497 e. The summed E-state index contributed by atoms with van der Waals surface area (Å²) < 4.78 is 41.0. The van der Waals surface area contributed by atoms with Gasteiger partial charge in [-0.1, -0.05) is 30.3 Å². The Hall–Kier alpha value is -5.56. The van der Waals surface area contributed by atoms with E-state index in [1.165, 1.54) is 0 Å². The Morgan fingerprint density at radius 1 is 0.435 bits per heavy atom. The zero-order valence-electron chi connectivity index (χ0n) is 26.6. The molecular formula is C39H34O7. The van der Waals surface area contributed by atoms with Crippen LogP contribution in [0.2, 0.25) is 0 Å². The van der Waals surface area contributed by atoms with E-state index in [1.807, 2.05) is 72.8 Å². The predicted molar refractivity (Wildman–Crippen MR) is 182 cm³/mol. The normalized spacial score (nSPS) is 13.3. The summed E-state index contributed by atoms with van der Waals surface area (Å²) in [7, 11) is 9.91. The maximum Gasteiger partial charge on any atom is 0.178 e. The molecule has 7 rings (SSSR count). The van der Waals surface area contributed by atoms with Gasteiger partial charge in [-0.05, 0) is 99.1 Å². The number of hydrogen-bond acceptors (Lipinski definition) is 7. The highest BCUT2D eigenvalue weighted by atomic mass is 16.5. The average molecular weight is 615 g/mol. The second-order valence-corrected chi connectivity index (χ2v) is 11.1. The van der Waals surface area contributed by atoms with E-state index in [0.29, 0.717) is 23.0 Å². The zero-order valence-corrected chi connectivity index (χ0v) is 26.6. The first-order valence-corrected chi connectivity index (χ1v) is 14.9. The van der Waals surface area contributed by atoms with Crippen LogP contribution in [0.25, 0.3) is 38.4 Å². The van der Waals surface area contributed by atoms with Gasteiger partial charge in [0.1, 0.15) is 17.2 Å². The van der Waals surface area contributed by atoms with Crippen LogP contribution in [0.5, 0.6) is 40.2 Å². The van der Waals surface area contributed by atoms with E-state index in [1.54, 1.807) is 42.7 Å². The quantitative estimate of drug-likeness (QED) is 0.159. The van der Waals surface area contributed by atoms with Gasteiger partial charge in [-0.25, -0.2) is 0 Å². The monoisotopic (exact) mass is 614 g/mol. The van der Waals surface area contributed by atoms with Crippen LogP contribution in [0.15, 0.2) is 91.0 Å². The highest BCUT2D eigenvalue weighted by Gasteiger charge is 2.37. The number of hydrogen-bond donors (Lipinski definition) is 0. The van der Waals surface area contributed by atoms with Crippen molar-refractivity contribution in [1.29, 1.82) is 0 Å². The lowest BCUT2D eigenvalue weighted by molar-refractivity contribution is 0.161. The molecule has 0 unspecified atom stereocenters. The van der Waals surface area contributed by atoms with Gasteiger partial charge in [0.15, 0.2) is 28.6 Å². The van der Waals surface area contributed by atoms with Crippen molar-refractivity contribution in [2.75, 3.05) is 42.7 Å². The summed E-state index contributed by atoms with van der Waals surface area (Å²) >= 11 is 0. The highest BCUT2D eigenvalue weighted by Crippen LogP contribution is 2.49. The van der Waals surface area contributed by atoms with Crippen LogP contribution in [0.1, 0.15) is 16.7 Å². The molecule has 0 saturated heterocycles. The Morgan fingerprint density at radius 3 is 1.17 bits per heavy atom. The topological polar surface area (TPSA) is 64.6 Å². The standard InChI is InChI=1S/C39H34O7/c1-40-26-11-7-24(8-12-26)39(25-9-13-27(41-2)14-10-25)16-15-23-17-28-29(18-34(23)46-39)31-20-36(43-4)38(45-6)22-33(31)32-21-37(44-5)35(42-3)19-30(28)32/h7-22H,1-6H3. The SMILES string of the molecule is COc1ccc(C2(c3ccc(OC)cc3)C=Cc3cc4c(cc3O2)c2cc(OC)c(OC)cc2c2cc(OC)c(OC)cc42)cc1. The van der Waals surface area contributed by atoms with Crippen molar-refractivity contribution in [2.24, 2.45) is 0 Å². The van der Waals surface area contributed by atoms with E-state index in [-0.39, 0.29) is 0 Å². The smallest absolute Gasteiger partial charge is 0.178 e. The number of ether oxygens (including phenoxy) is 7. The fraction of sp³-hybridized carbons (Fsp3) is 0.179. The number of methoxy groups -OCH3 is 6. The van der Waals surface area contributed by atoms with Crippen LogP contribution in [-0.4, -0.2) is 42.7 Å². The first-order valence-electron chi connectivity index (χ1n) is 14.9. The lowest BCUT2D eigenvalue weighted by Gasteiger charge is -2.36. The molecule has 0 aromatic heterocycles. The first kappa shape index (κ1) is 29.2. The first-order chi connectivity index (χ1) is 22.5. The lowest BCUT2D eigenvalue weighted by Crippen LogP contribution is -2.34.